The summed E-state index contributed by atoms with van der Waals surface area (Å²) in [4.78, 5) is 14.6. The van der Waals surface area contributed by atoms with Crippen molar-refractivity contribution in [3.63, 3.8) is 0 Å². The Kier molecular flexibility index (Phi) is 4.25. The first-order chi connectivity index (χ1) is 12.6. The van der Waals surface area contributed by atoms with Crippen molar-refractivity contribution in [1.82, 2.24) is 0 Å². The molecule has 1 amide bonds. The molecular weight excluding hydrogens is 332 g/mol. The van der Waals surface area contributed by atoms with Gasteiger partial charge in [0.05, 0.1) is 18.2 Å². The fourth-order valence-electron chi connectivity index (χ4n) is 3.51. The Labute approximate surface area is 150 Å². The van der Waals surface area contributed by atoms with E-state index in [0.29, 0.717) is 17.7 Å². The molecule has 0 bridgehead atoms. The van der Waals surface area contributed by atoms with E-state index in [1.807, 2.05) is 36.4 Å². The number of carbonyl (C=O) groups is 1. The van der Waals surface area contributed by atoms with Gasteiger partial charge in [-0.05, 0) is 41.3 Å². The van der Waals surface area contributed by atoms with Crippen molar-refractivity contribution in [1.29, 1.82) is 0 Å². The number of hydrogen-bond acceptors (Lipinski definition) is 1. The van der Waals surface area contributed by atoms with E-state index in [1.54, 1.807) is 18.2 Å². The zero-order valence-corrected chi connectivity index (χ0v) is 14.0. The number of amides is 1. The summed E-state index contributed by atoms with van der Waals surface area (Å²) < 4.78 is 27.7. The third-order valence-corrected chi connectivity index (χ3v) is 4.76. The first-order valence-corrected chi connectivity index (χ1v) is 8.51. The van der Waals surface area contributed by atoms with Gasteiger partial charge >= 0.3 is 0 Å². The Morgan fingerprint density at radius 1 is 0.808 bits per heavy atom. The fourth-order valence-corrected chi connectivity index (χ4v) is 3.51. The fraction of sp³-hybridized carbons (Fsp3) is 0.136. The van der Waals surface area contributed by atoms with Crippen LogP contribution in [0.2, 0.25) is 0 Å². The van der Waals surface area contributed by atoms with Gasteiger partial charge in [-0.3, -0.25) is 4.79 Å². The van der Waals surface area contributed by atoms with Crippen LogP contribution in [0.5, 0.6) is 0 Å². The molecule has 3 aromatic rings. The van der Waals surface area contributed by atoms with Crippen LogP contribution in [0, 0.1) is 11.6 Å². The van der Waals surface area contributed by atoms with E-state index in [-0.39, 0.29) is 18.3 Å². The zero-order chi connectivity index (χ0) is 18.1. The Hall–Kier alpha value is -3.01. The second-order valence-corrected chi connectivity index (χ2v) is 6.47. The van der Waals surface area contributed by atoms with Crippen LogP contribution in [0.15, 0.2) is 72.8 Å². The average molecular weight is 349 g/mol. The van der Waals surface area contributed by atoms with Crippen molar-refractivity contribution in [2.24, 2.45) is 0 Å². The van der Waals surface area contributed by atoms with Crippen LogP contribution in [-0.4, -0.2) is 5.91 Å². The van der Waals surface area contributed by atoms with Gasteiger partial charge in [-0.2, -0.15) is 0 Å². The summed E-state index contributed by atoms with van der Waals surface area (Å²) in [6, 6.07) is 20.5. The lowest BCUT2D eigenvalue weighted by molar-refractivity contribution is -0.119. The van der Waals surface area contributed by atoms with Crippen molar-refractivity contribution in [2.45, 2.75) is 18.9 Å². The molecule has 3 aromatic carbocycles. The van der Waals surface area contributed by atoms with Gasteiger partial charge in [-0.25, -0.2) is 8.78 Å². The number of rotatable bonds is 4. The maximum atomic E-state index is 14.5. The van der Waals surface area contributed by atoms with Gasteiger partial charge in [0.25, 0.3) is 0 Å². The highest BCUT2D eigenvalue weighted by Gasteiger charge is 2.39. The van der Waals surface area contributed by atoms with Gasteiger partial charge in [0.1, 0.15) is 11.6 Å². The number of carbonyl (C=O) groups excluding carboxylic acids is 1. The molecule has 0 saturated heterocycles. The van der Waals surface area contributed by atoms with E-state index in [1.165, 1.54) is 23.1 Å². The number of halogens is 2. The Bertz CT molecular complexity index is 938. The van der Waals surface area contributed by atoms with Crippen molar-refractivity contribution in [3.8, 4) is 0 Å². The number of fused-ring (bicyclic) bond motifs is 1. The van der Waals surface area contributed by atoms with E-state index in [0.717, 1.165) is 11.1 Å². The van der Waals surface area contributed by atoms with Gasteiger partial charge in [0.15, 0.2) is 0 Å². The lowest BCUT2D eigenvalue weighted by atomic mass is 9.93. The van der Waals surface area contributed by atoms with Crippen molar-refractivity contribution >= 4 is 11.6 Å². The second kappa shape index (κ2) is 6.71. The monoisotopic (exact) mass is 349 g/mol. The standard InChI is InChI=1S/C22H17F2NO/c23-17-11-9-16(10-12-17)14-25-21-18(7-4-8-20(21)24)19(22(25)26)13-15-5-2-1-3-6-15/h1-12,19H,13-14H2. The molecule has 1 heterocycles. The average Bonchev–Trinajstić information content (AvgIpc) is 2.91. The van der Waals surface area contributed by atoms with Crippen LogP contribution < -0.4 is 4.90 Å². The van der Waals surface area contributed by atoms with Gasteiger partial charge in [-0.1, -0.05) is 54.6 Å². The largest absolute Gasteiger partial charge is 0.304 e. The predicted molar refractivity (Wildman–Crippen MR) is 96.9 cm³/mol. The molecule has 0 radical (unpaired) electrons. The Morgan fingerprint density at radius 2 is 1.54 bits per heavy atom. The second-order valence-electron chi connectivity index (χ2n) is 6.47. The molecule has 4 rings (SSSR count). The third-order valence-electron chi connectivity index (χ3n) is 4.76. The van der Waals surface area contributed by atoms with Crippen molar-refractivity contribution in [3.05, 3.63) is 101 Å². The van der Waals surface area contributed by atoms with Crippen LogP contribution in [0.1, 0.15) is 22.6 Å². The molecule has 1 unspecified atom stereocenters. The molecule has 26 heavy (non-hydrogen) atoms. The molecule has 0 aliphatic carbocycles. The minimum Gasteiger partial charge on any atom is -0.304 e. The summed E-state index contributed by atoms with van der Waals surface area (Å²) in [5, 5.41) is 0. The summed E-state index contributed by atoms with van der Waals surface area (Å²) in [5.41, 5.74) is 2.84. The maximum absolute atomic E-state index is 14.5. The van der Waals surface area contributed by atoms with Crippen molar-refractivity contribution < 1.29 is 13.6 Å². The molecule has 0 fully saturated rings. The number of anilines is 1. The topological polar surface area (TPSA) is 20.3 Å². The van der Waals surface area contributed by atoms with E-state index in [4.69, 9.17) is 0 Å². The molecule has 4 heteroatoms. The van der Waals surface area contributed by atoms with Gasteiger partial charge < -0.3 is 4.90 Å². The van der Waals surface area contributed by atoms with E-state index >= 15 is 0 Å². The summed E-state index contributed by atoms with van der Waals surface area (Å²) >= 11 is 0. The molecule has 1 aliphatic heterocycles. The molecule has 1 aliphatic rings. The van der Waals surface area contributed by atoms with Crippen LogP contribution in [0.3, 0.4) is 0 Å². The lowest BCUT2D eigenvalue weighted by Crippen LogP contribution is -2.29. The smallest absolute Gasteiger partial charge is 0.235 e. The molecule has 0 aromatic heterocycles. The number of hydrogen-bond donors (Lipinski definition) is 0. The number of benzene rings is 3. The number of nitrogens with zero attached hydrogens (tertiary/aromatic N) is 1. The van der Waals surface area contributed by atoms with E-state index < -0.39 is 11.7 Å². The highest BCUT2D eigenvalue weighted by Crippen LogP contribution is 2.41. The lowest BCUT2D eigenvalue weighted by Gasteiger charge is -2.19. The third kappa shape index (κ3) is 2.99. The summed E-state index contributed by atoms with van der Waals surface area (Å²) in [6.45, 7) is 0.221. The molecule has 1 atom stereocenters. The minimum absolute atomic E-state index is 0.127. The first kappa shape index (κ1) is 16.5. The normalized spacial score (nSPS) is 16.0. The highest BCUT2D eigenvalue weighted by atomic mass is 19.1. The quantitative estimate of drug-likeness (QED) is 0.660. The molecule has 130 valence electrons. The SMILES string of the molecule is O=C1C(Cc2ccccc2)c2cccc(F)c2N1Cc1ccc(F)cc1. The van der Waals surface area contributed by atoms with Crippen molar-refractivity contribution in [2.75, 3.05) is 4.90 Å². The molecular formula is C22H17F2NO. The van der Waals surface area contributed by atoms with Crippen LogP contribution >= 0.6 is 0 Å². The van der Waals surface area contributed by atoms with Gasteiger partial charge in [0, 0.05) is 0 Å². The molecule has 0 spiro atoms. The van der Waals surface area contributed by atoms with Crippen LogP contribution in [-0.2, 0) is 17.8 Å². The molecule has 0 saturated carbocycles. The van der Waals surface area contributed by atoms with E-state index in [2.05, 4.69) is 0 Å². The minimum atomic E-state index is -0.413. The maximum Gasteiger partial charge on any atom is 0.235 e. The summed E-state index contributed by atoms with van der Waals surface area (Å²) in [5.74, 6) is -1.29. The van der Waals surface area contributed by atoms with E-state index in [9.17, 15) is 13.6 Å². The molecule has 2 nitrogen and oxygen atoms in total. The van der Waals surface area contributed by atoms with Crippen LogP contribution in [0.25, 0.3) is 0 Å². The predicted octanol–water partition coefficient (Wildman–Crippen LogP) is 4.84. The Morgan fingerprint density at radius 3 is 2.27 bits per heavy atom. The molecule has 0 N–H and O–H groups in total. The first-order valence-electron chi connectivity index (χ1n) is 8.51. The van der Waals surface area contributed by atoms with Crippen LogP contribution in [0.4, 0.5) is 14.5 Å². The summed E-state index contributed by atoms with van der Waals surface area (Å²) in [6.07, 6.45) is 0.524. The van der Waals surface area contributed by atoms with Gasteiger partial charge in [-0.15, -0.1) is 0 Å². The Balaban J connectivity index is 1.69. The zero-order valence-electron chi connectivity index (χ0n) is 14.0. The number of para-hydroxylation sites is 1. The highest BCUT2D eigenvalue weighted by molar-refractivity contribution is 6.05. The van der Waals surface area contributed by atoms with Gasteiger partial charge in [0.2, 0.25) is 5.91 Å². The summed E-state index contributed by atoms with van der Waals surface area (Å²) in [7, 11) is 0.